The Labute approximate surface area is 210 Å². The zero-order valence-corrected chi connectivity index (χ0v) is 20.2. The van der Waals surface area contributed by atoms with E-state index in [0.29, 0.717) is 22.9 Å². The fourth-order valence-electron chi connectivity index (χ4n) is 3.48. The molecule has 18 heteroatoms. The molecule has 2 aromatic heterocycles. The number of fused-ring (bicyclic) bond motifs is 1. The zero-order chi connectivity index (χ0) is 25.8. The van der Waals surface area contributed by atoms with Crippen LogP contribution in [0.3, 0.4) is 0 Å². The van der Waals surface area contributed by atoms with Gasteiger partial charge in [-0.05, 0) is 23.8 Å². The van der Waals surface area contributed by atoms with Crippen molar-refractivity contribution >= 4 is 59.2 Å². The summed E-state index contributed by atoms with van der Waals surface area (Å²) >= 11 is 2.51. The fraction of sp³-hybridized carbons (Fsp3) is 0.333. The monoisotopic (exact) mass is 534 g/mol. The molecule has 188 valence electrons. The van der Waals surface area contributed by atoms with Crippen LogP contribution in [0.15, 0.2) is 33.8 Å². The van der Waals surface area contributed by atoms with Crippen LogP contribution < -0.4 is 10.6 Å². The summed E-state index contributed by atoms with van der Waals surface area (Å²) < 4.78 is 0. The highest BCUT2D eigenvalue weighted by Gasteiger charge is 2.55. The Morgan fingerprint density at radius 2 is 2.28 bits per heavy atom. The highest BCUT2D eigenvalue weighted by atomic mass is 32.2. The van der Waals surface area contributed by atoms with E-state index >= 15 is 0 Å². The molecule has 36 heavy (non-hydrogen) atoms. The van der Waals surface area contributed by atoms with Gasteiger partial charge in [0, 0.05) is 17.2 Å². The number of hydrogen-bond acceptors (Lipinski definition) is 13. The Morgan fingerprint density at radius 1 is 1.47 bits per heavy atom. The average Bonchev–Trinajstić information content (AvgIpc) is 3.38. The number of aromatic nitrogens is 6. The SMILES string of the molecule is CON=C(C(=O)NC1C(=O)N2C(C(=O)O)=C(C(C)Sc3nn[nH]n3)CS[C@H]12)c1nccc(NC=O)n1. The van der Waals surface area contributed by atoms with Gasteiger partial charge in [0.25, 0.3) is 11.8 Å². The lowest BCUT2D eigenvalue weighted by atomic mass is 10.0. The molecule has 0 spiro atoms. The summed E-state index contributed by atoms with van der Waals surface area (Å²) in [5, 5.41) is 31.3. The number of tetrazole rings is 1. The molecule has 4 heterocycles. The van der Waals surface area contributed by atoms with Gasteiger partial charge < -0.3 is 20.6 Å². The zero-order valence-electron chi connectivity index (χ0n) is 18.6. The van der Waals surface area contributed by atoms with Crippen LogP contribution in [0.5, 0.6) is 0 Å². The van der Waals surface area contributed by atoms with Crippen molar-refractivity contribution in [1.82, 2.24) is 40.8 Å². The van der Waals surface area contributed by atoms with E-state index in [2.05, 4.69) is 46.4 Å². The lowest BCUT2D eigenvalue weighted by Crippen LogP contribution is -2.71. The summed E-state index contributed by atoms with van der Waals surface area (Å²) in [5.41, 5.74) is 0.0460. The number of hydrogen-bond donors (Lipinski definition) is 4. The maximum absolute atomic E-state index is 13.0. The fourth-order valence-corrected chi connectivity index (χ4v) is 5.90. The first-order valence-corrected chi connectivity index (χ1v) is 12.0. The number of carboxylic acids is 1. The molecule has 1 saturated heterocycles. The van der Waals surface area contributed by atoms with Gasteiger partial charge in [-0.2, -0.15) is 5.21 Å². The van der Waals surface area contributed by atoms with Crippen LogP contribution in [0, 0.1) is 0 Å². The van der Waals surface area contributed by atoms with E-state index in [4.69, 9.17) is 4.84 Å². The van der Waals surface area contributed by atoms with Gasteiger partial charge in [0.15, 0.2) is 5.82 Å². The molecule has 4 rings (SSSR count). The molecule has 2 unspecified atom stereocenters. The number of aliphatic carboxylic acids is 1. The maximum Gasteiger partial charge on any atom is 0.352 e. The van der Waals surface area contributed by atoms with E-state index in [1.807, 2.05) is 0 Å². The number of rotatable bonds is 10. The smallest absolute Gasteiger partial charge is 0.352 e. The molecule has 3 amide bonds. The third-order valence-corrected chi connectivity index (χ3v) is 7.38. The minimum Gasteiger partial charge on any atom is -0.477 e. The highest BCUT2D eigenvalue weighted by Crippen LogP contribution is 2.43. The molecule has 3 atom stereocenters. The van der Waals surface area contributed by atoms with E-state index in [-0.39, 0.29) is 28.3 Å². The minimum atomic E-state index is -1.26. The second-order valence-electron chi connectivity index (χ2n) is 7.14. The minimum absolute atomic E-state index is 0.122. The lowest BCUT2D eigenvalue weighted by molar-refractivity contribution is -0.150. The first kappa shape index (κ1) is 25.0. The largest absolute Gasteiger partial charge is 0.477 e. The summed E-state index contributed by atoms with van der Waals surface area (Å²) in [6.45, 7) is 1.78. The van der Waals surface area contributed by atoms with Crippen molar-refractivity contribution < 1.29 is 29.1 Å². The molecule has 0 radical (unpaired) electrons. The van der Waals surface area contributed by atoms with Crippen molar-refractivity contribution in [2.24, 2.45) is 5.16 Å². The third-order valence-electron chi connectivity index (χ3n) is 5.06. The van der Waals surface area contributed by atoms with E-state index < -0.39 is 29.2 Å². The Morgan fingerprint density at radius 3 is 2.94 bits per heavy atom. The Bertz CT molecular complexity index is 1250. The van der Waals surface area contributed by atoms with Crippen molar-refractivity contribution in [1.29, 1.82) is 0 Å². The molecule has 0 aromatic carbocycles. The van der Waals surface area contributed by atoms with Crippen molar-refractivity contribution in [2.75, 3.05) is 18.2 Å². The quantitative estimate of drug-likeness (QED) is 0.0929. The Hall–Kier alpha value is -4.06. The molecule has 2 aromatic rings. The lowest BCUT2D eigenvalue weighted by Gasteiger charge is -2.49. The second kappa shape index (κ2) is 10.7. The van der Waals surface area contributed by atoms with Crippen LogP contribution in [-0.4, -0.2) is 100 Å². The summed E-state index contributed by atoms with van der Waals surface area (Å²) in [7, 11) is 1.22. The number of amides is 3. The van der Waals surface area contributed by atoms with Crippen LogP contribution >= 0.6 is 23.5 Å². The molecular formula is C18H18N10O6S2. The number of thioether (sulfide) groups is 2. The first-order chi connectivity index (χ1) is 17.3. The molecule has 1 fully saturated rings. The number of anilines is 1. The number of H-pyrrole nitrogens is 1. The number of carbonyl (C=O) groups excluding carboxylic acids is 3. The molecule has 16 nitrogen and oxygen atoms in total. The van der Waals surface area contributed by atoms with Crippen molar-refractivity contribution in [3.63, 3.8) is 0 Å². The molecule has 0 bridgehead atoms. The summed E-state index contributed by atoms with van der Waals surface area (Å²) in [5.74, 6) is -2.40. The summed E-state index contributed by atoms with van der Waals surface area (Å²) in [6.07, 6.45) is 1.71. The predicted molar refractivity (Wildman–Crippen MR) is 124 cm³/mol. The number of carbonyl (C=O) groups is 4. The van der Waals surface area contributed by atoms with Crippen LogP contribution in [0.2, 0.25) is 0 Å². The van der Waals surface area contributed by atoms with Crippen LogP contribution in [-0.2, 0) is 24.0 Å². The number of nitrogens with zero attached hydrogens (tertiary/aromatic N) is 7. The van der Waals surface area contributed by atoms with Crippen LogP contribution in [0.25, 0.3) is 0 Å². The second-order valence-corrected chi connectivity index (χ2v) is 9.56. The molecule has 2 aliphatic rings. The number of oxime groups is 1. The van der Waals surface area contributed by atoms with E-state index in [1.165, 1.54) is 42.9 Å². The normalized spacial score (nSPS) is 20.2. The standard InChI is InChI=1S/C18H18N10O6S2/c1-7(36-18-23-26-27-24-18)8-5-35-16-11(15(31)28(16)12(8)17(32)33)22-14(30)10(25-34-2)13-19-4-3-9(21-13)20-6-29/h3-4,6-7,11,16H,5H2,1-2H3,(H,22,30)(H,32,33)(H,19,20,21,29)(H,23,24,26,27)/t7?,11?,16-/m1/s1. The highest BCUT2D eigenvalue weighted by molar-refractivity contribution is 8.01. The van der Waals surface area contributed by atoms with Gasteiger partial charge in [-0.15, -0.1) is 22.0 Å². The molecule has 0 saturated carbocycles. The van der Waals surface area contributed by atoms with Crippen molar-refractivity contribution in [3.8, 4) is 0 Å². The third kappa shape index (κ3) is 4.85. The van der Waals surface area contributed by atoms with E-state index in [0.717, 1.165) is 4.90 Å². The van der Waals surface area contributed by atoms with Gasteiger partial charge >= 0.3 is 5.97 Å². The van der Waals surface area contributed by atoms with Crippen LogP contribution in [0.4, 0.5) is 5.82 Å². The number of nitrogens with one attached hydrogen (secondary N) is 3. The van der Waals surface area contributed by atoms with Gasteiger partial charge in [0.1, 0.15) is 30.0 Å². The molecular weight excluding hydrogens is 516 g/mol. The number of aromatic amines is 1. The maximum atomic E-state index is 13.0. The van der Waals surface area contributed by atoms with Crippen molar-refractivity contribution in [3.05, 3.63) is 29.4 Å². The molecule has 2 aliphatic heterocycles. The number of carboxylic acid groups (broad SMARTS) is 1. The number of β-lactam (4-membered cyclic amide) rings is 1. The van der Waals surface area contributed by atoms with E-state index in [9.17, 15) is 24.3 Å². The first-order valence-electron chi connectivity index (χ1n) is 10.1. The topological polar surface area (TPSA) is 218 Å². The summed E-state index contributed by atoms with van der Waals surface area (Å²) in [4.78, 5) is 62.6. The van der Waals surface area contributed by atoms with E-state index in [1.54, 1.807) is 6.92 Å². The Kier molecular flexibility index (Phi) is 7.44. The van der Waals surface area contributed by atoms with Gasteiger partial charge in [-0.1, -0.05) is 16.9 Å². The Balaban J connectivity index is 1.52. The van der Waals surface area contributed by atoms with Gasteiger partial charge in [0.05, 0.1) is 0 Å². The van der Waals surface area contributed by atoms with Crippen LogP contribution in [0.1, 0.15) is 12.7 Å². The predicted octanol–water partition coefficient (Wildman–Crippen LogP) is -1.17. The van der Waals surface area contributed by atoms with Gasteiger partial charge in [-0.25, -0.2) is 14.8 Å². The molecule has 4 N–H and O–H groups in total. The molecule has 0 aliphatic carbocycles. The summed E-state index contributed by atoms with van der Waals surface area (Å²) in [6, 6.07) is 0.388. The van der Waals surface area contributed by atoms with Crippen molar-refractivity contribution in [2.45, 2.75) is 28.7 Å². The van der Waals surface area contributed by atoms with Gasteiger partial charge in [0.2, 0.25) is 17.3 Å². The van der Waals surface area contributed by atoms with Gasteiger partial charge in [-0.3, -0.25) is 19.3 Å². The average molecular weight is 535 g/mol.